The molecule has 5 aromatic rings. The lowest BCUT2D eigenvalue weighted by atomic mass is 9.91. The van der Waals surface area contributed by atoms with Crippen LogP contribution in [0, 0.1) is 37.3 Å². The third kappa shape index (κ3) is 7.43. The van der Waals surface area contributed by atoms with Crippen LogP contribution < -0.4 is 15.6 Å². The molecule has 2 aromatic carbocycles. The van der Waals surface area contributed by atoms with E-state index in [9.17, 15) is 30.8 Å². The number of carbonyl (C=O) groups is 1. The van der Waals surface area contributed by atoms with Crippen LogP contribution in [0.3, 0.4) is 0 Å². The molecule has 22 heteroatoms. The van der Waals surface area contributed by atoms with E-state index in [4.69, 9.17) is 16.6 Å². The second-order valence-corrected chi connectivity index (χ2v) is 18.3. The molecular weight excluding hydrogens is 878 g/mol. The number of benzene rings is 2. The van der Waals surface area contributed by atoms with E-state index >= 15 is 13.6 Å². The van der Waals surface area contributed by atoms with Gasteiger partial charge in [-0.15, -0.1) is 0 Å². The third-order valence-electron chi connectivity index (χ3n) is 11.6. The van der Waals surface area contributed by atoms with Gasteiger partial charge < -0.3 is 5.32 Å². The molecular formula is C41H35ClF6N10O4S. The van der Waals surface area contributed by atoms with Crippen molar-refractivity contribution in [1.82, 2.24) is 44.3 Å². The highest BCUT2D eigenvalue weighted by atomic mass is 35.5. The molecule has 4 aliphatic rings. The van der Waals surface area contributed by atoms with Gasteiger partial charge in [0.1, 0.15) is 47.3 Å². The van der Waals surface area contributed by atoms with Gasteiger partial charge in [-0.25, -0.2) is 35.9 Å². The molecule has 0 bridgehead atoms. The summed E-state index contributed by atoms with van der Waals surface area (Å²) >= 11 is 6.70. The van der Waals surface area contributed by atoms with Crippen LogP contribution in [0.1, 0.15) is 64.5 Å². The summed E-state index contributed by atoms with van der Waals surface area (Å²) in [5.41, 5.74) is -0.300. The molecule has 1 aliphatic heterocycles. The summed E-state index contributed by atoms with van der Waals surface area (Å²) in [7, 11) is -2.37. The third-order valence-corrected chi connectivity index (χ3v) is 12.5. The van der Waals surface area contributed by atoms with E-state index in [-0.39, 0.29) is 50.8 Å². The molecule has 0 radical (unpaired) electrons. The summed E-state index contributed by atoms with van der Waals surface area (Å²) in [6.45, 7) is 2.51. The lowest BCUT2D eigenvalue weighted by Crippen LogP contribution is -2.44. The second-order valence-electron chi connectivity index (χ2n) is 16.1. The summed E-state index contributed by atoms with van der Waals surface area (Å²) in [4.78, 5) is 43.2. The highest BCUT2D eigenvalue weighted by Gasteiger charge is 2.67. The van der Waals surface area contributed by atoms with E-state index < -0.39 is 99.7 Å². The molecule has 5 atom stereocenters. The Bertz CT molecular complexity index is 3040. The van der Waals surface area contributed by atoms with Crippen LogP contribution in [0.25, 0.3) is 27.9 Å². The van der Waals surface area contributed by atoms with Crippen molar-refractivity contribution in [1.29, 1.82) is 0 Å². The van der Waals surface area contributed by atoms with Crippen LogP contribution in [0.15, 0.2) is 69.7 Å². The number of carbonyl (C=O) groups excluding carboxylic acids is 1. The zero-order chi connectivity index (χ0) is 45.0. The number of halogens is 7. The van der Waals surface area contributed by atoms with Crippen molar-refractivity contribution in [3.63, 3.8) is 0 Å². The highest BCUT2D eigenvalue weighted by Crippen LogP contribution is 2.68. The maximum atomic E-state index is 15.6. The van der Waals surface area contributed by atoms with Crippen LogP contribution in [-0.4, -0.2) is 73.8 Å². The van der Waals surface area contributed by atoms with E-state index in [2.05, 4.69) is 30.2 Å². The molecule has 1 saturated carbocycles. The Hall–Kier alpha value is -6.09. The number of hydrazone groups is 1. The smallest absolute Gasteiger partial charge is 0.293 e. The summed E-state index contributed by atoms with van der Waals surface area (Å²) < 4.78 is 118. The van der Waals surface area contributed by atoms with Gasteiger partial charge in [0.25, 0.3) is 17.9 Å². The first-order chi connectivity index (χ1) is 29.7. The molecule has 2 unspecified atom stereocenters. The van der Waals surface area contributed by atoms with Crippen LogP contribution >= 0.6 is 11.6 Å². The van der Waals surface area contributed by atoms with Crippen LogP contribution in [-0.2, 0) is 33.7 Å². The van der Waals surface area contributed by atoms with Crippen molar-refractivity contribution in [3.05, 3.63) is 121 Å². The van der Waals surface area contributed by atoms with Gasteiger partial charge in [-0.1, -0.05) is 17.7 Å². The molecule has 3 aromatic heterocycles. The highest BCUT2D eigenvalue weighted by molar-refractivity contribution is 7.89. The Labute approximate surface area is 359 Å². The topological polar surface area (TPSA) is 169 Å². The van der Waals surface area contributed by atoms with Gasteiger partial charge in [-0.05, 0) is 68.2 Å². The zero-order valence-corrected chi connectivity index (χ0v) is 35.1. The maximum Gasteiger partial charge on any atom is 0.293 e. The van der Waals surface area contributed by atoms with E-state index in [1.807, 2.05) is 0 Å². The van der Waals surface area contributed by atoms with Gasteiger partial charge in [0.05, 0.1) is 51.9 Å². The standard InChI is InChI=1S/C41H35ClF6N10O4S/c1-17-15-49-18(2)33(50-17)20-5-6-23-27(12-20)52-39(58(40(23)60)29-8-7-26(42)32-35(29)56(3)54-38(32)55-63(4,61)62)28(11-19-9-21(43)13-22(44)10-19)51-30(59)16-57-36-31(34(53-57)37(45)46)24-14-25(24)41(36,47)48/h5-10,12-13,15,24-25,28,32,35,37H,11,14,16H2,1-4H3,(H,51,59)(H,54,55)/t24-,25+,28-,32?,35?/m0/s1. The number of nitrogens with one attached hydrogen (secondary N) is 2. The molecule has 1 amide bonds. The fraction of sp³-hybridized carbons (Fsp3) is 0.341. The normalized spacial score (nSPS) is 21.4. The molecule has 3 aliphatic carbocycles. The maximum absolute atomic E-state index is 15.6. The fourth-order valence-corrected chi connectivity index (χ4v) is 9.75. The SMILES string of the molecule is Cc1cnc(C)c(-c2ccc3c(=O)n(C4=CC=C(Cl)C5C(NS(C)(=O)=O)=NN(C)C45)c([C@H](Cc4cc(F)cc(F)c4)NC(=O)Cn4nc(C(F)F)c5c4C(F)(F)[C@@H]4C[C@H]54)nc3c2)n1. The number of amides is 1. The van der Waals surface area contributed by atoms with Crippen molar-refractivity contribution in [3.8, 4) is 11.3 Å². The van der Waals surface area contributed by atoms with Gasteiger partial charge in [-0.2, -0.15) is 19.0 Å². The number of hydrogen-bond donors (Lipinski definition) is 2. The molecule has 4 heterocycles. The van der Waals surface area contributed by atoms with Gasteiger partial charge in [-0.3, -0.25) is 33.6 Å². The number of allylic oxidation sites excluding steroid dienone is 2. The van der Waals surface area contributed by atoms with Crippen molar-refractivity contribution in [2.45, 2.75) is 63.6 Å². The summed E-state index contributed by atoms with van der Waals surface area (Å²) in [5, 5.41) is 12.4. The second kappa shape index (κ2) is 15.0. The average Bonchev–Trinajstić information content (AvgIpc) is 3.73. The number of likely N-dealkylation sites (N-methyl/N-ethyl adjacent to an activating group) is 1. The van der Waals surface area contributed by atoms with Crippen molar-refractivity contribution >= 4 is 50.0 Å². The zero-order valence-electron chi connectivity index (χ0n) is 33.5. The van der Waals surface area contributed by atoms with Gasteiger partial charge in [0, 0.05) is 47.8 Å². The summed E-state index contributed by atoms with van der Waals surface area (Å²) in [5.74, 6) is -9.84. The van der Waals surface area contributed by atoms with E-state index in [1.165, 1.54) is 30.3 Å². The molecule has 0 saturated heterocycles. The number of fused-ring (bicyclic) bond motifs is 5. The van der Waals surface area contributed by atoms with E-state index in [0.717, 1.165) is 23.0 Å². The number of nitrogens with zero attached hydrogens (tertiary/aromatic N) is 8. The lowest BCUT2D eigenvalue weighted by molar-refractivity contribution is -0.123. The predicted octanol–water partition coefficient (Wildman–Crippen LogP) is 5.96. The molecule has 14 nitrogen and oxygen atoms in total. The van der Waals surface area contributed by atoms with Crippen molar-refractivity contribution in [2.24, 2.45) is 16.9 Å². The Kier molecular flexibility index (Phi) is 10.1. The van der Waals surface area contributed by atoms with Gasteiger partial charge in [0.2, 0.25) is 15.9 Å². The molecule has 2 N–H and O–H groups in total. The largest absolute Gasteiger partial charge is 0.344 e. The fourth-order valence-electron chi connectivity index (χ4n) is 8.92. The minimum atomic E-state index is -3.88. The van der Waals surface area contributed by atoms with E-state index in [0.29, 0.717) is 33.4 Å². The quantitative estimate of drug-likeness (QED) is 0.161. The summed E-state index contributed by atoms with van der Waals surface area (Å²) in [6.07, 6.45) is 1.75. The van der Waals surface area contributed by atoms with Gasteiger partial charge in [0.15, 0.2) is 0 Å². The van der Waals surface area contributed by atoms with Crippen LogP contribution in [0.4, 0.5) is 26.3 Å². The number of aromatic nitrogens is 6. The average molecular weight is 913 g/mol. The molecule has 328 valence electrons. The molecule has 0 spiro atoms. The number of rotatable bonds is 10. The Morgan fingerprint density at radius 3 is 2.49 bits per heavy atom. The van der Waals surface area contributed by atoms with Gasteiger partial charge >= 0.3 is 0 Å². The van der Waals surface area contributed by atoms with Crippen LogP contribution in [0.5, 0.6) is 0 Å². The lowest BCUT2D eigenvalue weighted by Gasteiger charge is -2.33. The minimum Gasteiger partial charge on any atom is -0.344 e. The van der Waals surface area contributed by atoms with Crippen LogP contribution in [0.2, 0.25) is 0 Å². The number of hydrogen-bond acceptors (Lipinski definition) is 10. The molecule has 63 heavy (non-hydrogen) atoms. The summed E-state index contributed by atoms with van der Waals surface area (Å²) in [6, 6.07) is 4.85. The number of sulfonamides is 1. The monoisotopic (exact) mass is 912 g/mol. The predicted molar refractivity (Wildman–Crippen MR) is 218 cm³/mol. The van der Waals surface area contributed by atoms with E-state index in [1.54, 1.807) is 32.2 Å². The molecule has 9 rings (SSSR count). The first kappa shape index (κ1) is 42.2. The Morgan fingerprint density at radius 1 is 1.06 bits per heavy atom. The Morgan fingerprint density at radius 2 is 1.79 bits per heavy atom. The first-order valence-corrected chi connectivity index (χ1v) is 21.7. The van der Waals surface area contributed by atoms with Crippen molar-refractivity contribution < 1.29 is 39.6 Å². The number of alkyl halides is 4. The van der Waals surface area contributed by atoms with Crippen molar-refractivity contribution in [2.75, 3.05) is 13.3 Å². The first-order valence-electron chi connectivity index (χ1n) is 19.5. The Balaban J connectivity index is 1.22. The molecule has 1 fully saturated rings. The number of amidine groups is 1. The number of aryl methyl sites for hydroxylation is 2. The minimum absolute atomic E-state index is 0.00305.